The Hall–Kier alpha value is -2.53. The van der Waals surface area contributed by atoms with Crippen LogP contribution in [0.15, 0.2) is 53.5 Å². The number of likely N-dealkylation sites (N-methyl/N-ethyl adjacent to an activating group) is 1. The second-order valence-electron chi connectivity index (χ2n) is 6.15. The van der Waals surface area contributed by atoms with Crippen molar-refractivity contribution in [3.05, 3.63) is 59.7 Å². The van der Waals surface area contributed by atoms with Crippen LogP contribution in [-0.4, -0.2) is 38.6 Å². The van der Waals surface area contributed by atoms with Gasteiger partial charge in [0.25, 0.3) is 0 Å². The predicted molar refractivity (Wildman–Crippen MR) is 105 cm³/mol. The lowest BCUT2D eigenvalue weighted by molar-refractivity contribution is 0.306. The van der Waals surface area contributed by atoms with Crippen molar-refractivity contribution in [1.29, 1.82) is 0 Å². The molecule has 134 valence electrons. The van der Waals surface area contributed by atoms with Crippen LogP contribution in [0.25, 0.3) is 0 Å². The van der Waals surface area contributed by atoms with Crippen LogP contribution < -0.4 is 15.8 Å². The van der Waals surface area contributed by atoms with E-state index in [0.717, 1.165) is 17.9 Å². The van der Waals surface area contributed by atoms with E-state index in [-0.39, 0.29) is 6.04 Å². The summed E-state index contributed by atoms with van der Waals surface area (Å²) in [6, 6.07) is 16.5. The minimum atomic E-state index is 0.183. The Morgan fingerprint density at radius 2 is 1.76 bits per heavy atom. The molecule has 0 bridgehead atoms. The number of hydrogen-bond donors (Lipinski definition) is 2. The van der Waals surface area contributed by atoms with Gasteiger partial charge in [0.1, 0.15) is 5.75 Å². The van der Waals surface area contributed by atoms with Crippen molar-refractivity contribution in [2.45, 2.75) is 19.4 Å². The second kappa shape index (κ2) is 9.08. The van der Waals surface area contributed by atoms with Crippen molar-refractivity contribution in [3.63, 3.8) is 0 Å². The van der Waals surface area contributed by atoms with Gasteiger partial charge in [0, 0.05) is 5.69 Å². The van der Waals surface area contributed by atoms with Crippen LogP contribution in [-0.2, 0) is 6.42 Å². The number of aryl methyl sites for hydroxylation is 1. The van der Waals surface area contributed by atoms with Crippen LogP contribution in [0.5, 0.6) is 5.75 Å². The lowest BCUT2D eigenvalue weighted by Gasteiger charge is -2.23. The number of rotatable bonds is 7. The zero-order valence-electron chi connectivity index (χ0n) is 15.5. The first-order chi connectivity index (χ1) is 12.0. The zero-order valence-corrected chi connectivity index (χ0v) is 15.5. The van der Waals surface area contributed by atoms with Crippen molar-refractivity contribution in [2.75, 3.05) is 33.1 Å². The van der Waals surface area contributed by atoms with Crippen LogP contribution in [0.1, 0.15) is 24.1 Å². The van der Waals surface area contributed by atoms with Gasteiger partial charge in [-0.25, -0.2) is 0 Å². The van der Waals surface area contributed by atoms with E-state index in [0.29, 0.717) is 12.5 Å². The highest BCUT2D eigenvalue weighted by atomic mass is 16.5. The maximum Gasteiger partial charge on any atom is 0.193 e. The lowest BCUT2D eigenvalue weighted by Crippen LogP contribution is -2.27. The molecule has 0 saturated carbocycles. The molecule has 0 spiro atoms. The Labute approximate surface area is 150 Å². The molecule has 0 aromatic heterocycles. The molecule has 1 unspecified atom stereocenters. The summed E-state index contributed by atoms with van der Waals surface area (Å²) >= 11 is 0. The Balaban J connectivity index is 2.03. The van der Waals surface area contributed by atoms with Crippen LogP contribution >= 0.6 is 0 Å². The summed E-state index contributed by atoms with van der Waals surface area (Å²) < 4.78 is 5.15. The molecule has 2 rings (SSSR count). The van der Waals surface area contributed by atoms with Crippen molar-refractivity contribution < 1.29 is 4.74 Å². The fourth-order valence-electron chi connectivity index (χ4n) is 2.59. The molecule has 0 aliphatic carbocycles. The molecule has 3 N–H and O–H groups in total. The molecule has 0 radical (unpaired) electrons. The third-order valence-corrected chi connectivity index (χ3v) is 4.19. The molecule has 2 aromatic carbocycles. The molecular formula is C20H28N4O. The normalized spacial score (nSPS) is 12.9. The molecule has 0 fully saturated rings. The fraction of sp³-hybridized carbons (Fsp3) is 0.350. The van der Waals surface area contributed by atoms with Crippen molar-refractivity contribution in [2.24, 2.45) is 10.7 Å². The molecule has 0 heterocycles. The van der Waals surface area contributed by atoms with E-state index in [1.165, 1.54) is 11.1 Å². The standard InChI is InChI=1S/C20H28N4O/c1-5-15-6-8-16(9-7-15)19(24(2)3)14-22-20(21)23-17-10-12-18(25-4)13-11-17/h6-13,19H,5,14H2,1-4H3,(H3,21,22,23). The van der Waals surface area contributed by atoms with E-state index in [4.69, 9.17) is 10.5 Å². The molecule has 0 saturated heterocycles. The van der Waals surface area contributed by atoms with Gasteiger partial charge in [-0.1, -0.05) is 31.2 Å². The Bertz CT molecular complexity index is 678. The SMILES string of the molecule is CCc1ccc(C(CN=C(N)Nc2ccc(OC)cc2)N(C)C)cc1. The van der Waals surface area contributed by atoms with Gasteiger partial charge in [0.2, 0.25) is 0 Å². The molecule has 0 aliphatic rings. The van der Waals surface area contributed by atoms with E-state index >= 15 is 0 Å². The Morgan fingerprint density at radius 1 is 1.12 bits per heavy atom. The van der Waals surface area contributed by atoms with Crippen LogP contribution in [0.4, 0.5) is 5.69 Å². The first kappa shape index (κ1) is 18.8. The largest absolute Gasteiger partial charge is 0.497 e. The van der Waals surface area contributed by atoms with Crippen LogP contribution in [0.3, 0.4) is 0 Å². The Morgan fingerprint density at radius 3 is 2.28 bits per heavy atom. The minimum absolute atomic E-state index is 0.183. The summed E-state index contributed by atoms with van der Waals surface area (Å²) in [4.78, 5) is 6.67. The summed E-state index contributed by atoms with van der Waals surface area (Å²) in [5.41, 5.74) is 9.50. The van der Waals surface area contributed by atoms with E-state index in [9.17, 15) is 0 Å². The van der Waals surface area contributed by atoms with E-state index in [1.54, 1.807) is 7.11 Å². The van der Waals surface area contributed by atoms with E-state index in [1.807, 2.05) is 24.3 Å². The number of hydrogen-bond acceptors (Lipinski definition) is 3. The number of nitrogens with zero attached hydrogens (tertiary/aromatic N) is 2. The number of aliphatic imine (C=N–C) groups is 1. The maximum atomic E-state index is 6.04. The summed E-state index contributed by atoms with van der Waals surface area (Å²) in [5, 5.41) is 3.11. The van der Waals surface area contributed by atoms with Crippen molar-refractivity contribution in [3.8, 4) is 5.75 Å². The lowest BCUT2D eigenvalue weighted by atomic mass is 10.0. The quantitative estimate of drug-likeness (QED) is 0.600. The average Bonchev–Trinajstić information content (AvgIpc) is 2.62. The summed E-state index contributed by atoms with van der Waals surface area (Å²) in [7, 11) is 5.76. The predicted octanol–water partition coefficient (Wildman–Crippen LogP) is 3.29. The molecule has 5 heteroatoms. The van der Waals surface area contributed by atoms with Gasteiger partial charge >= 0.3 is 0 Å². The second-order valence-corrected chi connectivity index (χ2v) is 6.15. The van der Waals surface area contributed by atoms with E-state index in [2.05, 4.69) is 60.5 Å². The van der Waals surface area contributed by atoms with E-state index < -0.39 is 0 Å². The molecule has 5 nitrogen and oxygen atoms in total. The molecule has 1 atom stereocenters. The number of nitrogens with one attached hydrogen (secondary N) is 1. The van der Waals surface area contributed by atoms with Crippen LogP contribution in [0, 0.1) is 0 Å². The number of methoxy groups -OCH3 is 1. The molecule has 0 amide bonds. The number of ether oxygens (including phenoxy) is 1. The third-order valence-electron chi connectivity index (χ3n) is 4.19. The number of benzene rings is 2. The summed E-state index contributed by atoms with van der Waals surface area (Å²) in [6.07, 6.45) is 1.05. The summed E-state index contributed by atoms with van der Waals surface area (Å²) in [5.74, 6) is 1.21. The average molecular weight is 340 g/mol. The molecule has 25 heavy (non-hydrogen) atoms. The first-order valence-electron chi connectivity index (χ1n) is 8.49. The van der Waals surface area contributed by atoms with Crippen molar-refractivity contribution in [1.82, 2.24) is 4.90 Å². The Kier molecular flexibility index (Phi) is 6.83. The third kappa shape index (κ3) is 5.50. The maximum absolute atomic E-state index is 6.04. The summed E-state index contributed by atoms with van der Waals surface area (Å²) in [6.45, 7) is 2.75. The van der Waals surface area contributed by atoms with Gasteiger partial charge in [-0.15, -0.1) is 0 Å². The van der Waals surface area contributed by atoms with Gasteiger partial charge in [-0.2, -0.15) is 0 Å². The molecule has 2 aromatic rings. The number of anilines is 1. The van der Waals surface area contributed by atoms with Gasteiger partial charge in [-0.3, -0.25) is 4.99 Å². The zero-order chi connectivity index (χ0) is 18.2. The topological polar surface area (TPSA) is 62.9 Å². The monoisotopic (exact) mass is 340 g/mol. The van der Waals surface area contributed by atoms with Gasteiger partial charge in [0.15, 0.2) is 5.96 Å². The number of nitrogens with two attached hydrogens (primary N) is 1. The van der Waals surface area contributed by atoms with Gasteiger partial charge < -0.3 is 20.7 Å². The van der Waals surface area contributed by atoms with Gasteiger partial charge in [0.05, 0.1) is 19.7 Å². The molecule has 0 aliphatic heterocycles. The van der Waals surface area contributed by atoms with Crippen molar-refractivity contribution >= 4 is 11.6 Å². The van der Waals surface area contributed by atoms with Crippen LogP contribution in [0.2, 0.25) is 0 Å². The fourth-order valence-corrected chi connectivity index (χ4v) is 2.59. The highest BCUT2D eigenvalue weighted by molar-refractivity contribution is 5.92. The highest BCUT2D eigenvalue weighted by Gasteiger charge is 2.13. The minimum Gasteiger partial charge on any atom is -0.497 e. The smallest absolute Gasteiger partial charge is 0.193 e. The highest BCUT2D eigenvalue weighted by Crippen LogP contribution is 2.20. The van der Waals surface area contributed by atoms with Gasteiger partial charge in [-0.05, 0) is 55.9 Å². The molecular weight excluding hydrogens is 312 g/mol. The first-order valence-corrected chi connectivity index (χ1v) is 8.49. The number of guanidine groups is 1.